The maximum absolute atomic E-state index is 12.8. The molecule has 0 aliphatic heterocycles. The van der Waals surface area contributed by atoms with Gasteiger partial charge in [0, 0.05) is 12.0 Å². The van der Waals surface area contributed by atoms with Crippen LogP contribution in [-0.2, 0) is 35.0 Å². The number of hydrogen-bond acceptors (Lipinski definition) is 7. The number of rotatable bonds is 8. The molecule has 0 aromatic heterocycles. The number of carbonyl (C=O) groups excluding carboxylic acids is 3. The lowest BCUT2D eigenvalue weighted by Gasteiger charge is -2.27. The molecule has 0 amide bonds. The van der Waals surface area contributed by atoms with Crippen LogP contribution in [-0.4, -0.2) is 42.8 Å². The second-order valence-corrected chi connectivity index (χ2v) is 6.17. The van der Waals surface area contributed by atoms with Crippen molar-refractivity contribution in [2.24, 2.45) is 0 Å². The zero-order valence-electron chi connectivity index (χ0n) is 15.7. The number of benzene rings is 2. The first-order chi connectivity index (χ1) is 13.4. The van der Waals surface area contributed by atoms with E-state index in [4.69, 9.17) is 9.47 Å². The first-order valence-electron chi connectivity index (χ1n) is 8.56. The number of aliphatic hydroxyl groups is 1. The Bertz CT molecular complexity index is 804. The highest BCUT2D eigenvalue weighted by Gasteiger charge is 2.43. The molecule has 2 aromatic rings. The van der Waals surface area contributed by atoms with Crippen molar-refractivity contribution in [2.75, 3.05) is 14.2 Å². The summed E-state index contributed by atoms with van der Waals surface area (Å²) < 4.78 is 14.6. The van der Waals surface area contributed by atoms with Gasteiger partial charge in [0.2, 0.25) is 6.10 Å². The van der Waals surface area contributed by atoms with Crippen molar-refractivity contribution >= 4 is 17.9 Å². The van der Waals surface area contributed by atoms with Gasteiger partial charge in [-0.15, -0.1) is 0 Å². The summed E-state index contributed by atoms with van der Waals surface area (Å²) in [5.74, 6) is -2.72. The smallest absolute Gasteiger partial charge is 0.351 e. The van der Waals surface area contributed by atoms with E-state index in [2.05, 4.69) is 4.74 Å². The third kappa shape index (κ3) is 5.40. The molecular weight excluding hydrogens is 364 g/mol. The van der Waals surface area contributed by atoms with Crippen molar-refractivity contribution in [3.63, 3.8) is 0 Å². The Morgan fingerprint density at radius 3 is 2.04 bits per heavy atom. The number of carbonyl (C=O) groups is 3. The molecule has 2 atom stereocenters. The summed E-state index contributed by atoms with van der Waals surface area (Å²) in [6.07, 6.45) is -2.19. The van der Waals surface area contributed by atoms with Crippen LogP contribution < -0.4 is 0 Å². The van der Waals surface area contributed by atoms with E-state index in [0.717, 1.165) is 14.2 Å². The van der Waals surface area contributed by atoms with Crippen LogP contribution in [0.3, 0.4) is 0 Å². The zero-order valence-corrected chi connectivity index (χ0v) is 15.7. The second kappa shape index (κ2) is 9.66. The second-order valence-electron chi connectivity index (χ2n) is 6.17. The van der Waals surface area contributed by atoms with E-state index in [1.165, 1.54) is 0 Å². The molecule has 0 aliphatic carbocycles. The fourth-order valence-corrected chi connectivity index (χ4v) is 2.66. The summed E-state index contributed by atoms with van der Waals surface area (Å²) in [7, 11) is 2.31. The van der Waals surface area contributed by atoms with Crippen LogP contribution in [0.25, 0.3) is 0 Å². The molecule has 28 heavy (non-hydrogen) atoms. The molecule has 0 aliphatic rings. The van der Waals surface area contributed by atoms with Crippen LogP contribution in [0, 0.1) is 0 Å². The topological polar surface area (TPSA) is 99.1 Å². The van der Waals surface area contributed by atoms with Gasteiger partial charge in [-0.05, 0) is 5.56 Å². The third-order valence-electron chi connectivity index (χ3n) is 4.13. The van der Waals surface area contributed by atoms with E-state index in [-0.39, 0.29) is 6.42 Å². The van der Waals surface area contributed by atoms with Crippen LogP contribution in [0.5, 0.6) is 0 Å². The molecule has 0 saturated heterocycles. The van der Waals surface area contributed by atoms with Crippen molar-refractivity contribution in [2.45, 2.75) is 24.5 Å². The molecule has 7 heteroatoms. The molecule has 0 spiro atoms. The molecule has 1 N–H and O–H groups in total. The standard InChI is InChI=1S/C21H22O7/c1-26-17(22)14-21(25,13-15-9-5-3-6-10-15)20(24)28-18(19(23)27-2)16-11-7-4-8-12-16/h3-12,18,25H,13-14H2,1-2H3/t18-,21+/m0/s1. The van der Waals surface area contributed by atoms with Gasteiger partial charge in [-0.25, -0.2) is 9.59 Å². The molecule has 2 aromatic carbocycles. The lowest BCUT2D eigenvalue weighted by Crippen LogP contribution is -2.45. The van der Waals surface area contributed by atoms with E-state index in [0.29, 0.717) is 11.1 Å². The quantitative estimate of drug-likeness (QED) is 0.547. The lowest BCUT2D eigenvalue weighted by atomic mass is 9.91. The van der Waals surface area contributed by atoms with Crippen molar-refractivity contribution in [3.05, 3.63) is 71.8 Å². The molecule has 0 fully saturated rings. The summed E-state index contributed by atoms with van der Waals surface area (Å²) >= 11 is 0. The number of esters is 3. The number of hydrogen-bond donors (Lipinski definition) is 1. The van der Waals surface area contributed by atoms with E-state index < -0.39 is 36.0 Å². The van der Waals surface area contributed by atoms with Crippen molar-refractivity contribution < 1.29 is 33.7 Å². The van der Waals surface area contributed by atoms with E-state index in [9.17, 15) is 19.5 Å². The van der Waals surface area contributed by atoms with Gasteiger partial charge in [0.05, 0.1) is 20.6 Å². The van der Waals surface area contributed by atoms with E-state index >= 15 is 0 Å². The maximum Gasteiger partial charge on any atom is 0.351 e. The average Bonchev–Trinajstić information content (AvgIpc) is 2.72. The van der Waals surface area contributed by atoms with Gasteiger partial charge in [-0.2, -0.15) is 0 Å². The third-order valence-corrected chi connectivity index (χ3v) is 4.13. The van der Waals surface area contributed by atoms with E-state index in [1.54, 1.807) is 60.7 Å². The minimum absolute atomic E-state index is 0.190. The summed E-state index contributed by atoms with van der Waals surface area (Å²) in [5, 5.41) is 11.0. The Hall–Kier alpha value is -3.19. The van der Waals surface area contributed by atoms with E-state index in [1.807, 2.05) is 0 Å². The van der Waals surface area contributed by atoms with Gasteiger partial charge in [0.15, 0.2) is 5.60 Å². The summed E-state index contributed by atoms with van der Waals surface area (Å²) in [6.45, 7) is 0. The fourth-order valence-electron chi connectivity index (χ4n) is 2.66. The molecule has 0 radical (unpaired) electrons. The van der Waals surface area contributed by atoms with Gasteiger partial charge >= 0.3 is 17.9 Å². The maximum atomic E-state index is 12.8. The van der Waals surface area contributed by atoms with Gasteiger partial charge in [-0.3, -0.25) is 4.79 Å². The number of methoxy groups -OCH3 is 2. The highest BCUT2D eigenvalue weighted by molar-refractivity contribution is 5.88. The highest BCUT2D eigenvalue weighted by atomic mass is 16.6. The molecule has 148 valence electrons. The van der Waals surface area contributed by atoms with Crippen molar-refractivity contribution in [1.29, 1.82) is 0 Å². The fraction of sp³-hybridized carbons (Fsp3) is 0.286. The molecule has 0 heterocycles. The summed E-state index contributed by atoms with van der Waals surface area (Å²) in [4.78, 5) is 36.8. The molecule has 0 unspecified atom stereocenters. The summed E-state index contributed by atoms with van der Waals surface area (Å²) in [5.41, 5.74) is -1.22. The minimum Gasteiger partial charge on any atom is -0.469 e. The largest absolute Gasteiger partial charge is 0.469 e. The van der Waals surface area contributed by atoms with Crippen molar-refractivity contribution in [3.8, 4) is 0 Å². The van der Waals surface area contributed by atoms with Crippen LogP contribution >= 0.6 is 0 Å². The Kier molecular flexibility index (Phi) is 7.28. The first kappa shape index (κ1) is 21.1. The molecular formula is C21H22O7. The van der Waals surface area contributed by atoms with Crippen LogP contribution in [0.4, 0.5) is 0 Å². The van der Waals surface area contributed by atoms with Gasteiger partial charge < -0.3 is 19.3 Å². The van der Waals surface area contributed by atoms with Crippen LogP contribution in [0.15, 0.2) is 60.7 Å². The Morgan fingerprint density at radius 2 is 1.50 bits per heavy atom. The van der Waals surface area contributed by atoms with Crippen LogP contribution in [0.1, 0.15) is 23.7 Å². The zero-order chi connectivity index (χ0) is 20.6. The Labute approximate surface area is 162 Å². The van der Waals surface area contributed by atoms with Gasteiger partial charge in [0.25, 0.3) is 0 Å². The Morgan fingerprint density at radius 1 is 0.929 bits per heavy atom. The van der Waals surface area contributed by atoms with Gasteiger partial charge in [0.1, 0.15) is 0 Å². The highest BCUT2D eigenvalue weighted by Crippen LogP contribution is 2.26. The Balaban J connectivity index is 2.31. The molecule has 0 saturated carbocycles. The predicted molar refractivity (Wildman–Crippen MR) is 99.0 cm³/mol. The predicted octanol–water partition coefficient (Wildman–Crippen LogP) is 1.98. The number of ether oxygens (including phenoxy) is 3. The summed E-state index contributed by atoms with van der Waals surface area (Å²) in [6, 6.07) is 16.9. The normalized spacial score (nSPS) is 13.7. The average molecular weight is 386 g/mol. The molecule has 0 bridgehead atoms. The molecule has 7 nitrogen and oxygen atoms in total. The lowest BCUT2D eigenvalue weighted by molar-refractivity contribution is -0.183. The monoisotopic (exact) mass is 386 g/mol. The molecule has 2 rings (SSSR count). The van der Waals surface area contributed by atoms with Crippen LogP contribution in [0.2, 0.25) is 0 Å². The SMILES string of the molecule is COC(=O)C[C@](O)(Cc1ccccc1)C(=O)O[C@H](C(=O)OC)c1ccccc1. The van der Waals surface area contributed by atoms with Crippen molar-refractivity contribution in [1.82, 2.24) is 0 Å². The first-order valence-corrected chi connectivity index (χ1v) is 8.56. The minimum atomic E-state index is -2.21. The van der Waals surface area contributed by atoms with Gasteiger partial charge in [-0.1, -0.05) is 60.7 Å².